The zero-order valence-electron chi connectivity index (χ0n) is 17.8. The van der Waals surface area contributed by atoms with E-state index in [1.54, 1.807) is 4.90 Å². The highest BCUT2D eigenvalue weighted by molar-refractivity contribution is 5.94. The Hall–Kier alpha value is -4.24. The van der Waals surface area contributed by atoms with Crippen LogP contribution in [0.25, 0.3) is 11.3 Å². The fourth-order valence-corrected chi connectivity index (χ4v) is 3.74. The Kier molecular flexibility index (Phi) is 6.38. The fourth-order valence-electron chi connectivity index (χ4n) is 3.74. The van der Waals surface area contributed by atoms with Crippen LogP contribution in [0.5, 0.6) is 0 Å². The molecule has 32 heavy (non-hydrogen) atoms. The summed E-state index contributed by atoms with van der Waals surface area (Å²) in [5.74, 6) is 0. The lowest BCUT2D eigenvalue weighted by Crippen LogP contribution is -2.35. The van der Waals surface area contributed by atoms with Crippen LogP contribution in [0.2, 0.25) is 0 Å². The fraction of sp³-hybridized carbons (Fsp3) is 0.154. The molecule has 0 fully saturated rings. The zero-order valence-corrected chi connectivity index (χ0v) is 17.8. The van der Waals surface area contributed by atoms with Gasteiger partial charge in [0.2, 0.25) is 0 Å². The van der Waals surface area contributed by atoms with Crippen LogP contribution in [0.1, 0.15) is 23.7 Å². The first-order valence-electron chi connectivity index (χ1n) is 10.6. The molecular weight excluding hydrogens is 398 g/mol. The van der Waals surface area contributed by atoms with Crippen molar-refractivity contribution in [3.63, 3.8) is 0 Å². The summed E-state index contributed by atoms with van der Waals surface area (Å²) in [4.78, 5) is 14.8. The van der Waals surface area contributed by atoms with Gasteiger partial charge in [0.15, 0.2) is 5.69 Å². The first-order chi connectivity index (χ1) is 15.7. The van der Waals surface area contributed by atoms with Crippen molar-refractivity contribution >= 4 is 11.7 Å². The number of para-hydroxylation sites is 1. The molecule has 1 aromatic heterocycles. The molecule has 0 radical (unpaired) electrons. The molecule has 6 nitrogen and oxygen atoms in total. The average molecular weight is 422 g/mol. The minimum absolute atomic E-state index is 0.136. The second-order valence-corrected chi connectivity index (χ2v) is 7.32. The Morgan fingerprint density at radius 1 is 0.938 bits per heavy atom. The van der Waals surface area contributed by atoms with Gasteiger partial charge in [0.25, 0.3) is 0 Å². The van der Waals surface area contributed by atoms with E-state index in [2.05, 4.69) is 28.5 Å². The number of benzene rings is 3. The second-order valence-electron chi connectivity index (χ2n) is 7.32. The molecule has 0 saturated carbocycles. The Bertz CT molecular complexity index is 1240. The normalized spacial score (nSPS) is 10.5. The van der Waals surface area contributed by atoms with Gasteiger partial charge >= 0.3 is 6.03 Å². The van der Waals surface area contributed by atoms with Gasteiger partial charge in [-0.15, -0.1) is 9.78 Å². The summed E-state index contributed by atoms with van der Waals surface area (Å²) < 4.78 is 1.10. The third-order valence-corrected chi connectivity index (χ3v) is 5.37. The molecule has 0 saturated heterocycles. The van der Waals surface area contributed by atoms with Crippen LogP contribution in [0, 0.1) is 11.3 Å². The largest absolute Gasteiger partial charge is 0.351 e. The second kappa shape index (κ2) is 9.71. The summed E-state index contributed by atoms with van der Waals surface area (Å²) in [7, 11) is 0. The zero-order chi connectivity index (χ0) is 22.3. The predicted molar refractivity (Wildman–Crippen MR) is 124 cm³/mol. The molecule has 4 aromatic rings. The lowest BCUT2D eigenvalue weighted by atomic mass is 9.97. The van der Waals surface area contributed by atoms with E-state index in [1.165, 1.54) is 5.56 Å². The molecule has 6 heteroatoms. The maximum atomic E-state index is 13.2. The number of hydrogen-bond acceptors (Lipinski definition) is 4. The Balaban J connectivity index is 1.67. The van der Waals surface area contributed by atoms with Gasteiger partial charge in [-0.05, 0) is 43.0 Å². The third-order valence-electron chi connectivity index (χ3n) is 5.37. The molecule has 1 amide bonds. The number of carbonyl (C=O) groups is 1. The molecule has 158 valence electrons. The Labute approximate surface area is 187 Å². The van der Waals surface area contributed by atoms with Crippen LogP contribution < -0.4 is 4.90 Å². The lowest BCUT2D eigenvalue weighted by molar-refractivity contribution is 0.244. The van der Waals surface area contributed by atoms with Gasteiger partial charge in [-0.2, -0.15) is 5.26 Å². The van der Waals surface area contributed by atoms with Crippen molar-refractivity contribution in [1.82, 2.24) is 15.0 Å². The minimum Gasteiger partial charge on any atom is -0.293 e. The monoisotopic (exact) mass is 421 g/mol. The van der Waals surface area contributed by atoms with Crippen LogP contribution in [0.15, 0.2) is 84.9 Å². The minimum atomic E-state index is -0.407. The van der Waals surface area contributed by atoms with Crippen LogP contribution in [-0.2, 0) is 12.8 Å². The van der Waals surface area contributed by atoms with Crippen molar-refractivity contribution in [3.8, 4) is 17.3 Å². The summed E-state index contributed by atoms with van der Waals surface area (Å²) in [5.41, 5.74) is 4.42. The summed E-state index contributed by atoms with van der Waals surface area (Å²) in [6.45, 7) is 2.32. The number of nitrogens with zero attached hydrogens (tertiary/aromatic N) is 5. The molecule has 0 atom stereocenters. The summed E-state index contributed by atoms with van der Waals surface area (Å²) >= 11 is 0. The van der Waals surface area contributed by atoms with Gasteiger partial charge in [0.05, 0.1) is 0 Å². The molecule has 0 spiro atoms. The van der Waals surface area contributed by atoms with E-state index in [4.69, 9.17) is 0 Å². The van der Waals surface area contributed by atoms with Gasteiger partial charge < -0.3 is 0 Å². The number of hydrogen-bond donors (Lipinski definition) is 0. The molecule has 3 aromatic carbocycles. The summed E-state index contributed by atoms with van der Waals surface area (Å²) in [5, 5.41) is 18.2. The molecule has 4 rings (SSSR count). The molecule has 0 N–H and O–H groups in total. The van der Waals surface area contributed by atoms with E-state index in [1.807, 2.05) is 79.7 Å². The van der Waals surface area contributed by atoms with E-state index >= 15 is 0 Å². The van der Waals surface area contributed by atoms with Crippen LogP contribution >= 0.6 is 0 Å². The molecule has 0 unspecified atom stereocenters. The van der Waals surface area contributed by atoms with Crippen molar-refractivity contribution in [2.24, 2.45) is 0 Å². The molecule has 0 aliphatic carbocycles. The van der Waals surface area contributed by atoms with E-state index < -0.39 is 6.03 Å². The van der Waals surface area contributed by atoms with Crippen molar-refractivity contribution in [2.75, 3.05) is 11.4 Å². The Morgan fingerprint density at radius 3 is 2.28 bits per heavy atom. The highest BCUT2D eigenvalue weighted by Crippen LogP contribution is 2.26. The predicted octanol–water partition coefficient (Wildman–Crippen LogP) is 5.10. The summed E-state index contributed by atoms with van der Waals surface area (Å²) in [6.07, 6.45) is 1.65. The molecular formula is C26H23N5O. The number of aromatic nitrogens is 3. The van der Waals surface area contributed by atoms with Gasteiger partial charge in [-0.25, -0.2) is 4.79 Å². The SMILES string of the molecule is CCN(C(=O)n1nnc(-c2ccccc2CCc2ccccc2)c1C#N)c1ccccc1. The topological polar surface area (TPSA) is 74.8 Å². The van der Waals surface area contributed by atoms with Crippen molar-refractivity contribution in [1.29, 1.82) is 5.26 Å². The number of aryl methyl sites for hydroxylation is 2. The van der Waals surface area contributed by atoms with Crippen LogP contribution in [0.3, 0.4) is 0 Å². The van der Waals surface area contributed by atoms with Crippen molar-refractivity contribution in [2.45, 2.75) is 19.8 Å². The van der Waals surface area contributed by atoms with Gasteiger partial charge in [-0.3, -0.25) is 4.90 Å². The lowest BCUT2D eigenvalue weighted by Gasteiger charge is -2.20. The highest BCUT2D eigenvalue weighted by Gasteiger charge is 2.24. The van der Waals surface area contributed by atoms with Crippen LogP contribution in [-0.4, -0.2) is 27.6 Å². The van der Waals surface area contributed by atoms with E-state index in [0.717, 1.165) is 34.3 Å². The molecule has 0 aliphatic heterocycles. The maximum Gasteiger partial charge on any atom is 0.351 e. The quantitative estimate of drug-likeness (QED) is 0.434. The third kappa shape index (κ3) is 4.28. The van der Waals surface area contributed by atoms with Gasteiger partial charge in [0, 0.05) is 17.8 Å². The molecule has 0 bridgehead atoms. The number of anilines is 1. The number of nitriles is 1. The van der Waals surface area contributed by atoms with E-state index in [9.17, 15) is 10.1 Å². The first kappa shape index (κ1) is 21.0. The smallest absolute Gasteiger partial charge is 0.293 e. The van der Waals surface area contributed by atoms with Gasteiger partial charge in [-0.1, -0.05) is 78.0 Å². The van der Waals surface area contributed by atoms with E-state index in [0.29, 0.717) is 12.2 Å². The Morgan fingerprint density at radius 2 is 1.59 bits per heavy atom. The average Bonchev–Trinajstić information content (AvgIpc) is 3.28. The molecule has 0 aliphatic rings. The standard InChI is InChI=1S/C26H23N5O/c1-2-30(22-14-7-4-8-15-22)26(32)31-24(19-27)25(28-29-31)23-16-10-9-13-21(23)18-17-20-11-5-3-6-12-20/h3-16H,2,17-18H2,1H3. The number of amides is 1. The summed E-state index contributed by atoms with van der Waals surface area (Å²) in [6, 6.07) is 29.2. The highest BCUT2D eigenvalue weighted by atomic mass is 16.2. The van der Waals surface area contributed by atoms with Crippen molar-refractivity contribution < 1.29 is 4.79 Å². The van der Waals surface area contributed by atoms with Crippen LogP contribution in [0.4, 0.5) is 10.5 Å². The maximum absolute atomic E-state index is 13.2. The number of carbonyl (C=O) groups excluding carboxylic acids is 1. The number of rotatable bonds is 6. The van der Waals surface area contributed by atoms with Gasteiger partial charge in [0.1, 0.15) is 11.8 Å². The molecule has 1 heterocycles. The first-order valence-corrected chi connectivity index (χ1v) is 10.6. The van der Waals surface area contributed by atoms with E-state index in [-0.39, 0.29) is 5.69 Å². The van der Waals surface area contributed by atoms with Crippen molar-refractivity contribution in [3.05, 3.63) is 102 Å².